The van der Waals surface area contributed by atoms with E-state index in [1.54, 1.807) is 0 Å². The van der Waals surface area contributed by atoms with Gasteiger partial charge < -0.3 is 5.11 Å². The topological polar surface area (TPSA) is 40.5 Å². The lowest BCUT2D eigenvalue weighted by molar-refractivity contribution is -0.142. The molecule has 17 heavy (non-hydrogen) atoms. The number of hydrogen-bond donors (Lipinski definition) is 1. The molecule has 0 aromatic heterocycles. The summed E-state index contributed by atoms with van der Waals surface area (Å²) in [5, 5.41) is 9.16. The van der Waals surface area contributed by atoms with Gasteiger partial charge in [-0.1, -0.05) is 27.2 Å². The van der Waals surface area contributed by atoms with Gasteiger partial charge in [-0.25, -0.2) is 0 Å². The van der Waals surface area contributed by atoms with E-state index in [9.17, 15) is 4.79 Å². The summed E-state index contributed by atoms with van der Waals surface area (Å²) < 4.78 is 0. The molecule has 0 radical (unpaired) electrons. The minimum Gasteiger partial charge on any atom is -0.481 e. The van der Waals surface area contributed by atoms with Crippen LogP contribution in [0, 0.1) is 11.8 Å². The van der Waals surface area contributed by atoms with Gasteiger partial charge in [0.1, 0.15) is 0 Å². The molecule has 1 aliphatic rings. The van der Waals surface area contributed by atoms with Crippen molar-refractivity contribution in [2.75, 3.05) is 6.54 Å². The summed E-state index contributed by atoms with van der Waals surface area (Å²) in [5.74, 6) is -0.0598. The molecule has 1 rings (SSSR count). The molecule has 100 valence electrons. The van der Waals surface area contributed by atoms with E-state index in [0.717, 1.165) is 25.3 Å². The van der Waals surface area contributed by atoms with Crippen LogP contribution in [-0.4, -0.2) is 34.6 Å². The second-order valence-electron chi connectivity index (χ2n) is 5.52. The summed E-state index contributed by atoms with van der Waals surface area (Å²) in [7, 11) is 0. The van der Waals surface area contributed by atoms with Gasteiger partial charge in [-0.05, 0) is 38.6 Å². The van der Waals surface area contributed by atoms with E-state index < -0.39 is 5.97 Å². The normalized spacial score (nSPS) is 29.2. The van der Waals surface area contributed by atoms with Crippen LogP contribution in [0.4, 0.5) is 0 Å². The van der Waals surface area contributed by atoms with E-state index >= 15 is 0 Å². The van der Waals surface area contributed by atoms with Crippen molar-refractivity contribution in [2.45, 2.75) is 65.5 Å². The minimum atomic E-state index is -0.626. The maximum Gasteiger partial charge on any atom is 0.308 e. The Morgan fingerprint density at radius 3 is 2.47 bits per heavy atom. The number of hydrogen-bond acceptors (Lipinski definition) is 2. The first-order valence-corrected chi connectivity index (χ1v) is 6.99. The van der Waals surface area contributed by atoms with Crippen LogP contribution in [0.1, 0.15) is 53.4 Å². The van der Waals surface area contributed by atoms with E-state index in [2.05, 4.69) is 32.6 Å². The Bertz CT molecular complexity index is 255. The molecule has 0 amide bonds. The van der Waals surface area contributed by atoms with Crippen molar-refractivity contribution in [1.82, 2.24) is 4.90 Å². The molecule has 1 fully saturated rings. The summed E-state index contributed by atoms with van der Waals surface area (Å²) in [6.45, 7) is 9.76. The Hall–Kier alpha value is -0.570. The lowest BCUT2D eigenvalue weighted by Crippen LogP contribution is -2.41. The van der Waals surface area contributed by atoms with Gasteiger partial charge in [0, 0.05) is 12.1 Å². The number of aliphatic carboxylic acids is 1. The average Bonchev–Trinajstić information content (AvgIpc) is 2.67. The average molecular weight is 241 g/mol. The molecule has 0 bridgehead atoms. The molecule has 1 heterocycles. The molecular formula is C14H27NO2. The molecule has 1 saturated heterocycles. The Labute approximate surface area is 105 Å². The quantitative estimate of drug-likeness (QED) is 0.777. The van der Waals surface area contributed by atoms with Crippen LogP contribution in [0.25, 0.3) is 0 Å². The van der Waals surface area contributed by atoms with Gasteiger partial charge in [-0.15, -0.1) is 0 Å². The Morgan fingerprint density at radius 1 is 1.41 bits per heavy atom. The third-order valence-electron chi connectivity index (χ3n) is 4.43. The highest BCUT2D eigenvalue weighted by atomic mass is 16.4. The van der Waals surface area contributed by atoms with Crippen LogP contribution < -0.4 is 0 Å². The lowest BCUT2D eigenvalue weighted by Gasteiger charge is -2.33. The van der Waals surface area contributed by atoms with Crippen molar-refractivity contribution < 1.29 is 9.90 Å². The van der Waals surface area contributed by atoms with Crippen molar-refractivity contribution >= 4 is 5.97 Å². The second-order valence-corrected chi connectivity index (χ2v) is 5.52. The molecule has 0 aliphatic carbocycles. The summed E-state index contributed by atoms with van der Waals surface area (Å²) in [5.41, 5.74) is 0. The molecule has 3 heteroatoms. The highest BCUT2D eigenvalue weighted by molar-refractivity contribution is 5.71. The number of likely N-dealkylation sites (tertiary alicyclic amines) is 1. The zero-order valence-corrected chi connectivity index (χ0v) is 11.6. The molecule has 4 unspecified atom stereocenters. The van der Waals surface area contributed by atoms with Crippen LogP contribution in [0.3, 0.4) is 0 Å². The first kappa shape index (κ1) is 14.5. The fourth-order valence-corrected chi connectivity index (χ4v) is 2.98. The Morgan fingerprint density at radius 2 is 2.06 bits per heavy atom. The van der Waals surface area contributed by atoms with Gasteiger partial charge in [-0.2, -0.15) is 0 Å². The Balaban J connectivity index is 2.61. The van der Waals surface area contributed by atoms with Gasteiger partial charge in [0.05, 0.1) is 5.92 Å². The minimum absolute atomic E-state index is 0.166. The maximum atomic E-state index is 11.1. The number of rotatable bonds is 6. The summed E-state index contributed by atoms with van der Waals surface area (Å²) in [6.07, 6.45) is 4.35. The fourth-order valence-electron chi connectivity index (χ4n) is 2.98. The zero-order chi connectivity index (χ0) is 13.0. The highest BCUT2D eigenvalue weighted by Crippen LogP contribution is 2.30. The summed E-state index contributed by atoms with van der Waals surface area (Å²) in [4.78, 5) is 13.5. The van der Waals surface area contributed by atoms with Crippen molar-refractivity contribution in [1.29, 1.82) is 0 Å². The van der Waals surface area contributed by atoms with Gasteiger partial charge in [0.25, 0.3) is 0 Å². The predicted octanol–water partition coefficient (Wildman–Crippen LogP) is 3.00. The van der Waals surface area contributed by atoms with E-state index in [0.29, 0.717) is 6.04 Å². The second kappa shape index (κ2) is 6.39. The number of nitrogens with zero attached hydrogens (tertiary/aromatic N) is 1. The van der Waals surface area contributed by atoms with E-state index in [-0.39, 0.29) is 12.0 Å². The van der Waals surface area contributed by atoms with Gasteiger partial charge in [0.2, 0.25) is 0 Å². The summed E-state index contributed by atoms with van der Waals surface area (Å²) >= 11 is 0. The van der Waals surface area contributed by atoms with Gasteiger partial charge in [-0.3, -0.25) is 9.69 Å². The van der Waals surface area contributed by atoms with E-state index in [4.69, 9.17) is 5.11 Å². The van der Waals surface area contributed by atoms with Gasteiger partial charge >= 0.3 is 5.97 Å². The molecule has 3 nitrogen and oxygen atoms in total. The van der Waals surface area contributed by atoms with Crippen LogP contribution >= 0.6 is 0 Å². The maximum absolute atomic E-state index is 11.1. The molecule has 0 saturated carbocycles. The SMILES string of the molecule is CCC(C)CC(CC)N1CCC(C(=O)O)C1C. The molecule has 0 aromatic rings. The van der Waals surface area contributed by atoms with Crippen molar-refractivity contribution in [3.63, 3.8) is 0 Å². The predicted molar refractivity (Wildman–Crippen MR) is 70.1 cm³/mol. The summed E-state index contributed by atoms with van der Waals surface area (Å²) in [6, 6.07) is 0.755. The monoisotopic (exact) mass is 241 g/mol. The number of carboxylic acid groups (broad SMARTS) is 1. The highest BCUT2D eigenvalue weighted by Gasteiger charge is 2.38. The van der Waals surface area contributed by atoms with Crippen LogP contribution in [0.5, 0.6) is 0 Å². The lowest BCUT2D eigenvalue weighted by atomic mass is 9.95. The van der Waals surface area contributed by atoms with Crippen molar-refractivity contribution in [3.05, 3.63) is 0 Å². The van der Waals surface area contributed by atoms with E-state index in [1.807, 2.05) is 0 Å². The van der Waals surface area contributed by atoms with Crippen molar-refractivity contribution in [2.24, 2.45) is 11.8 Å². The smallest absolute Gasteiger partial charge is 0.308 e. The molecule has 1 aliphatic heterocycles. The van der Waals surface area contributed by atoms with Gasteiger partial charge in [0.15, 0.2) is 0 Å². The molecule has 0 aromatic carbocycles. The number of carboxylic acids is 1. The molecule has 0 spiro atoms. The molecular weight excluding hydrogens is 214 g/mol. The third-order valence-corrected chi connectivity index (χ3v) is 4.43. The molecule has 4 atom stereocenters. The van der Waals surface area contributed by atoms with Crippen molar-refractivity contribution in [3.8, 4) is 0 Å². The van der Waals surface area contributed by atoms with Crippen LogP contribution in [0.2, 0.25) is 0 Å². The number of carbonyl (C=O) groups is 1. The fraction of sp³-hybridized carbons (Fsp3) is 0.929. The standard InChI is InChI=1S/C14H27NO2/c1-5-10(3)9-12(6-2)15-8-7-13(11(15)4)14(16)17/h10-13H,5-9H2,1-4H3,(H,16,17). The first-order chi connectivity index (χ1) is 8.01. The first-order valence-electron chi connectivity index (χ1n) is 6.99. The Kier molecular flexibility index (Phi) is 5.44. The van der Waals surface area contributed by atoms with E-state index in [1.165, 1.54) is 12.8 Å². The zero-order valence-electron chi connectivity index (χ0n) is 11.6. The van der Waals surface area contributed by atoms with Crippen LogP contribution in [0.15, 0.2) is 0 Å². The third kappa shape index (κ3) is 3.44. The largest absolute Gasteiger partial charge is 0.481 e. The molecule has 1 N–H and O–H groups in total. The van der Waals surface area contributed by atoms with Crippen LogP contribution in [-0.2, 0) is 4.79 Å².